The van der Waals surface area contributed by atoms with E-state index < -0.39 is 0 Å². The molecular formula is C48H35N3O. The topological polar surface area (TPSA) is 24.6 Å². The van der Waals surface area contributed by atoms with Crippen LogP contribution in [-0.2, 0) is 6.42 Å². The van der Waals surface area contributed by atoms with Crippen LogP contribution >= 0.6 is 0 Å². The van der Waals surface area contributed by atoms with Crippen LogP contribution in [0, 0.1) is 0 Å². The molecule has 9 aromatic rings. The van der Waals surface area contributed by atoms with Gasteiger partial charge in [0.25, 0.3) is 0 Å². The Hall–Kier alpha value is -6.78. The maximum Gasteiger partial charge on any atom is 0.159 e. The molecule has 0 saturated carbocycles. The zero-order chi connectivity index (χ0) is 34.4. The van der Waals surface area contributed by atoms with E-state index in [4.69, 9.17) is 4.42 Å². The SMILES string of the molecule is C1=Cc2c(n(-c3cc(N(c4ccccc4)c4ccccc4)cc4c3oc3cccc(N(c5ccccc5)c5ccccc5)c34)c3ccccc23)CC1. The Morgan fingerprint density at radius 3 is 1.71 bits per heavy atom. The second-order valence-corrected chi connectivity index (χ2v) is 13.3. The summed E-state index contributed by atoms with van der Waals surface area (Å²) < 4.78 is 9.53. The van der Waals surface area contributed by atoms with Crippen LogP contribution in [0.2, 0.25) is 0 Å². The fourth-order valence-corrected chi connectivity index (χ4v) is 7.99. The monoisotopic (exact) mass is 669 g/mol. The maximum atomic E-state index is 7.07. The predicted octanol–water partition coefficient (Wildman–Crippen LogP) is 13.4. The Labute approximate surface area is 302 Å². The first-order valence-corrected chi connectivity index (χ1v) is 17.9. The van der Waals surface area contributed by atoms with E-state index >= 15 is 0 Å². The quantitative estimate of drug-likeness (QED) is 0.169. The van der Waals surface area contributed by atoms with Crippen molar-refractivity contribution < 1.29 is 4.42 Å². The molecule has 2 aromatic heterocycles. The zero-order valence-corrected chi connectivity index (χ0v) is 28.6. The van der Waals surface area contributed by atoms with Crippen molar-refractivity contribution >= 4 is 73.0 Å². The summed E-state index contributed by atoms with van der Waals surface area (Å²) in [5.74, 6) is 0. The van der Waals surface area contributed by atoms with Gasteiger partial charge in [-0.15, -0.1) is 0 Å². The number of para-hydroxylation sites is 5. The highest BCUT2D eigenvalue weighted by Gasteiger charge is 2.26. The summed E-state index contributed by atoms with van der Waals surface area (Å²) in [5.41, 5.74) is 13.0. The van der Waals surface area contributed by atoms with Crippen LogP contribution < -0.4 is 9.80 Å². The Kier molecular flexibility index (Phi) is 7.24. The molecule has 0 fully saturated rings. The van der Waals surface area contributed by atoms with Crippen LogP contribution in [0.15, 0.2) is 186 Å². The van der Waals surface area contributed by atoms with Gasteiger partial charge in [-0.05, 0) is 91.7 Å². The molecule has 52 heavy (non-hydrogen) atoms. The van der Waals surface area contributed by atoms with Crippen LogP contribution in [0.25, 0.3) is 44.6 Å². The lowest BCUT2D eigenvalue weighted by Crippen LogP contribution is -2.11. The van der Waals surface area contributed by atoms with Gasteiger partial charge in [-0.3, -0.25) is 0 Å². The Morgan fingerprint density at radius 1 is 0.500 bits per heavy atom. The number of furan rings is 1. The fourth-order valence-electron chi connectivity index (χ4n) is 7.99. The molecule has 0 saturated heterocycles. The maximum absolute atomic E-state index is 7.07. The van der Waals surface area contributed by atoms with Gasteiger partial charge >= 0.3 is 0 Å². The average molecular weight is 670 g/mol. The Morgan fingerprint density at radius 2 is 1.08 bits per heavy atom. The minimum absolute atomic E-state index is 0.846. The molecule has 0 aliphatic heterocycles. The normalized spacial score (nSPS) is 12.4. The number of hydrogen-bond donors (Lipinski definition) is 0. The lowest BCUT2D eigenvalue weighted by atomic mass is 10.0. The van der Waals surface area contributed by atoms with E-state index in [2.05, 4.69) is 202 Å². The van der Waals surface area contributed by atoms with E-state index in [1.807, 2.05) is 0 Å². The zero-order valence-electron chi connectivity index (χ0n) is 28.6. The van der Waals surface area contributed by atoms with Gasteiger partial charge in [0.2, 0.25) is 0 Å². The summed E-state index contributed by atoms with van der Waals surface area (Å²) in [4.78, 5) is 4.70. The summed E-state index contributed by atoms with van der Waals surface area (Å²) in [6, 6.07) is 62.4. The average Bonchev–Trinajstić information content (AvgIpc) is 3.76. The molecule has 0 amide bonds. The standard InChI is InChI=1S/C48H35N3O/c1-5-18-34(19-6-1)49(35-20-7-2-8-21-35)38-32-41-47-44(50(36-22-9-3-10-23-36)37-24-11-4-12-25-37)30-17-31-46(47)52-48(41)45(33-38)51-42-28-15-13-26-39(42)40-27-14-16-29-43(40)51/h1-15,17-28,30-33H,16,29H2. The van der Waals surface area contributed by atoms with E-state index in [0.29, 0.717) is 0 Å². The molecule has 0 unspecified atom stereocenters. The first-order valence-electron chi connectivity index (χ1n) is 17.9. The van der Waals surface area contributed by atoms with Crippen LogP contribution in [0.3, 0.4) is 0 Å². The number of aromatic nitrogens is 1. The van der Waals surface area contributed by atoms with E-state index in [9.17, 15) is 0 Å². The number of allylic oxidation sites excluding steroid dienone is 1. The molecule has 0 bridgehead atoms. The second-order valence-electron chi connectivity index (χ2n) is 13.3. The summed E-state index contributed by atoms with van der Waals surface area (Å²) in [6.07, 6.45) is 6.55. The molecule has 10 rings (SSSR count). The third kappa shape index (κ3) is 4.91. The van der Waals surface area contributed by atoms with Crippen LogP contribution in [-0.4, -0.2) is 4.57 Å². The highest BCUT2D eigenvalue weighted by molar-refractivity contribution is 6.16. The van der Waals surface area contributed by atoms with Crippen molar-refractivity contribution in [3.05, 3.63) is 193 Å². The van der Waals surface area contributed by atoms with Gasteiger partial charge in [0.05, 0.1) is 22.3 Å². The van der Waals surface area contributed by atoms with E-state index in [-0.39, 0.29) is 0 Å². The second kappa shape index (κ2) is 12.5. The summed E-state index contributed by atoms with van der Waals surface area (Å²) in [6.45, 7) is 0. The molecule has 0 spiro atoms. The number of rotatable bonds is 7. The molecule has 0 radical (unpaired) electrons. The third-order valence-electron chi connectivity index (χ3n) is 10.2. The van der Waals surface area contributed by atoms with Gasteiger partial charge in [-0.25, -0.2) is 0 Å². The van der Waals surface area contributed by atoms with Gasteiger partial charge in [0.1, 0.15) is 5.58 Å². The highest BCUT2D eigenvalue weighted by Crippen LogP contribution is 2.48. The van der Waals surface area contributed by atoms with E-state index in [1.165, 1.54) is 22.2 Å². The highest BCUT2D eigenvalue weighted by atomic mass is 16.3. The fraction of sp³-hybridized carbons (Fsp3) is 0.0417. The molecule has 4 nitrogen and oxygen atoms in total. The summed E-state index contributed by atoms with van der Waals surface area (Å²) in [5, 5.41) is 3.38. The predicted molar refractivity (Wildman–Crippen MR) is 217 cm³/mol. The Bertz CT molecular complexity index is 2650. The van der Waals surface area contributed by atoms with Crippen molar-refractivity contribution in [2.24, 2.45) is 0 Å². The van der Waals surface area contributed by atoms with E-state index in [0.717, 1.165) is 74.6 Å². The van der Waals surface area contributed by atoms with Crippen molar-refractivity contribution in [1.82, 2.24) is 4.57 Å². The molecule has 1 aliphatic carbocycles. The minimum atomic E-state index is 0.846. The van der Waals surface area contributed by atoms with Crippen LogP contribution in [0.4, 0.5) is 34.1 Å². The smallest absolute Gasteiger partial charge is 0.159 e. The third-order valence-corrected chi connectivity index (χ3v) is 10.2. The van der Waals surface area contributed by atoms with Gasteiger partial charge in [0.15, 0.2) is 5.58 Å². The summed E-state index contributed by atoms with van der Waals surface area (Å²) in [7, 11) is 0. The molecular weight excluding hydrogens is 635 g/mol. The number of nitrogens with zero attached hydrogens (tertiary/aromatic N) is 3. The molecule has 0 N–H and O–H groups in total. The van der Waals surface area contributed by atoms with Gasteiger partial charge in [-0.1, -0.05) is 109 Å². The number of anilines is 6. The van der Waals surface area contributed by atoms with Crippen molar-refractivity contribution in [1.29, 1.82) is 0 Å². The summed E-state index contributed by atoms with van der Waals surface area (Å²) >= 11 is 0. The first kappa shape index (κ1) is 30.1. The molecule has 0 atom stereocenters. The van der Waals surface area contributed by atoms with E-state index in [1.54, 1.807) is 0 Å². The van der Waals surface area contributed by atoms with Crippen molar-refractivity contribution in [3.8, 4) is 5.69 Å². The number of fused-ring (bicyclic) bond motifs is 6. The lowest BCUT2D eigenvalue weighted by molar-refractivity contribution is 0.665. The van der Waals surface area contributed by atoms with Crippen LogP contribution in [0.1, 0.15) is 17.7 Å². The molecule has 2 heterocycles. The van der Waals surface area contributed by atoms with Gasteiger partial charge in [-0.2, -0.15) is 0 Å². The Balaban J connectivity index is 1.34. The van der Waals surface area contributed by atoms with Gasteiger partial charge < -0.3 is 18.8 Å². The molecule has 7 aromatic carbocycles. The first-order chi connectivity index (χ1) is 25.8. The molecule has 4 heteroatoms. The van der Waals surface area contributed by atoms with Crippen molar-refractivity contribution in [2.75, 3.05) is 9.80 Å². The molecule has 1 aliphatic rings. The number of hydrogen-bond acceptors (Lipinski definition) is 3. The molecule has 248 valence electrons. The minimum Gasteiger partial charge on any atom is -0.454 e. The van der Waals surface area contributed by atoms with Crippen molar-refractivity contribution in [3.63, 3.8) is 0 Å². The van der Waals surface area contributed by atoms with Crippen LogP contribution in [0.5, 0.6) is 0 Å². The largest absolute Gasteiger partial charge is 0.454 e. The lowest BCUT2D eigenvalue weighted by Gasteiger charge is -2.27. The van der Waals surface area contributed by atoms with Crippen molar-refractivity contribution in [2.45, 2.75) is 12.8 Å². The number of benzene rings is 7. The van der Waals surface area contributed by atoms with Gasteiger partial charge in [0, 0.05) is 50.5 Å².